The lowest BCUT2D eigenvalue weighted by Crippen LogP contribution is -2.36. The van der Waals surface area contributed by atoms with E-state index in [1.165, 1.54) is 0 Å². The fourth-order valence-electron chi connectivity index (χ4n) is 2.61. The molecule has 0 fully saturated rings. The van der Waals surface area contributed by atoms with E-state index in [4.69, 9.17) is 0 Å². The minimum atomic E-state index is -0.782. The highest BCUT2D eigenvalue weighted by molar-refractivity contribution is 6.40. The van der Waals surface area contributed by atoms with E-state index in [1.54, 1.807) is 24.3 Å². The molecule has 2 aromatic rings. The first-order valence-electron chi connectivity index (χ1n) is 9.53. The summed E-state index contributed by atoms with van der Waals surface area (Å²) in [6.07, 6.45) is 2.85. The lowest BCUT2D eigenvalue weighted by molar-refractivity contribution is -0.136. The number of unbranched alkanes of at least 4 members (excludes halogenated alkanes) is 2. The van der Waals surface area contributed by atoms with Crippen molar-refractivity contribution >= 4 is 23.4 Å². The van der Waals surface area contributed by atoms with Gasteiger partial charge in [-0.3, -0.25) is 14.4 Å². The van der Waals surface area contributed by atoms with Crippen molar-refractivity contribution in [1.29, 1.82) is 0 Å². The van der Waals surface area contributed by atoms with E-state index in [2.05, 4.69) is 22.9 Å². The monoisotopic (exact) mass is 381 g/mol. The van der Waals surface area contributed by atoms with Gasteiger partial charge in [0.25, 0.3) is 5.91 Å². The molecule has 28 heavy (non-hydrogen) atoms. The van der Waals surface area contributed by atoms with Gasteiger partial charge < -0.3 is 16.0 Å². The Bertz CT molecular complexity index is 816. The van der Waals surface area contributed by atoms with Crippen molar-refractivity contribution in [3.05, 3.63) is 65.2 Å². The summed E-state index contributed by atoms with van der Waals surface area (Å²) in [5.41, 5.74) is 2.74. The predicted octanol–water partition coefficient (Wildman–Crippen LogP) is 3.17. The number of para-hydroxylation sites is 1. The van der Waals surface area contributed by atoms with Crippen molar-refractivity contribution in [1.82, 2.24) is 10.6 Å². The minimum Gasteiger partial charge on any atom is -0.348 e. The van der Waals surface area contributed by atoms with Crippen molar-refractivity contribution < 1.29 is 14.4 Å². The highest BCUT2D eigenvalue weighted by Gasteiger charge is 2.17. The van der Waals surface area contributed by atoms with Crippen LogP contribution in [0.15, 0.2) is 48.5 Å². The third-order valence-electron chi connectivity index (χ3n) is 4.27. The SMILES string of the molecule is CCCCCNC(=O)C(=O)Nc1ccccc1C(=O)NCc1ccc(C)cc1. The first-order chi connectivity index (χ1) is 13.5. The van der Waals surface area contributed by atoms with Crippen LogP contribution in [0.3, 0.4) is 0 Å². The summed E-state index contributed by atoms with van der Waals surface area (Å²) in [4.78, 5) is 36.6. The number of benzene rings is 2. The third kappa shape index (κ3) is 6.54. The number of rotatable bonds is 8. The Morgan fingerprint density at radius 2 is 1.57 bits per heavy atom. The molecule has 0 aliphatic carbocycles. The number of carbonyl (C=O) groups is 3. The van der Waals surface area contributed by atoms with Gasteiger partial charge in [0.05, 0.1) is 11.3 Å². The molecule has 6 heteroatoms. The van der Waals surface area contributed by atoms with E-state index in [1.807, 2.05) is 31.2 Å². The number of hydrogen-bond donors (Lipinski definition) is 3. The topological polar surface area (TPSA) is 87.3 Å². The van der Waals surface area contributed by atoms with Crippen LogP contribution in [0.4, 0.5) is 5.69 Å². The first-order valence-corrected chi connectivity index (χ1v) is 9.53. The Hall–Kier alpha value is -3.15. The molecule has 3 amide bonds. The molecule has 6 nitrogen and oxygen atoms in total. The second-order valence-corrected chi connectivity index (χ2v) is 6.63. The summed E-state index contributed by atoms with van der Waals surface area (Å²) in [6, 6.07) is 14.5. The zero-order valence-electron chi connectivity index (χ0n) is 16.4. The Kier molecular flexibility index (Phi) is 8.21. The maximum Gasteiger partial charge on any atom is 0.313 e. The molecule has 3 N–H and O–H groups in total. The van der Waals surface area contributed by atoms with Gasteiger partial charge in [0.2, 0.25) is 0 Å². The van der Waals surface area contributed by atoms with E-state index in [0.717, 1.165) is 30.4 Å². The van der Waals surface area contributed by atoms with Gasteiger partial charge in [-0.2, -0.15) is 0 Å². The van der Waals surface area contributed by atoms with Crippen LogP contribution in [0.2, 0.25) is 0 Å². The molecule has 2 rings (SSSR count). The highest BCUT2D eigenvalue weighted by Crippen LogP contribution is 2.15. The highest BCUT2D eigenvalue weighted by atomic mass is 16.2. The van der Waals surface area contributed by atoms with Gasteiger partial charge in [0.1, 0.15) is 0 Å². The van der Waals surface area contributed by atoms with Crippen LogP contribution in [0.1, 0.15) is 47.7 Å². The van der Waals surface area contributed by atoms with Crippen molar-refractivity contribution in [3.8, 4) is 0 Å². The molecule has 0 saturated heterocycles. The smallest absolute Gasteiger partial charge is 0.313 e. The standard InChI is InChI=1S/C22H27N3O3/c1-3-4-7-14-23-21(27)22(28)25-19-9-6-5-8-18(19)20(26)24-15-17-12-10-16(2)11-13-17/h5-6,8-13H,3-4,7,14-15H2,1-2H3,(H,23,27)(H,24,26)(H,25,28). The molecule has 0 saturated carbocycles. The second-order valence-electron chi connectivity index (χ2n) is 6.63. The van der Waals surface area contributed by atoms with Crippen molar-refractivity contribution in [2.45, 2.75) is 39.7 Å². The lowest BCUT2D eigenvalue weighted by atomic mass is 10.1. The number of carbonyl (C=O) groups excluding carboxylic acids is 3. The summed E-state index contributed by atoms with van der Waals surface area (Å²) >= 11 is 0. The predicted molar refractivity (Wildman–Crippen MR) is 110 cm³/mol. The van der Waals surface area contributed by atoms with Gasteiger partial charge in [0.15, 0.2) is 0 Å². The van der Waals surface area contributed by atoms with Gasteiger partial charge in [-0.1, -0.05) is 61.7 Å². The largest absolute Gasteiger partial charge is 0.348 e. The van der Waals surface area contributed by atoms with Crippen molar-refractivity contribution in [3.63, 3.8) is 0 Å². The number of hydrogen-bond acceptors (Lipinski definition) is 3. The Balaban J connectivity index is 1.95. The summed E-state index contributed by atoms with van der Waals surface area (Å²) in [5.74, 6) is -1.80. The molecule has 0 radical (unpaired) electrons. The van der Waals surface area contributed by atoms with Crippen LogP contribution in [-0.4, -0.2) is 24.3 Å². The van der Waals surface area contributed by atoms with Crippen LogP contribution in [0, 0.1) is 6.92 Å². The molecule has 2 aromatic carbocycles. The van der Waals surface area contributed by atoms with Crippen LogP contribution < -0.4 is 16.0 Å². The van der Waals surface area contributed by atoms with E-state index in [-0.39, 0.29) is 5.91 Å². The number of amides is 3. The van der Waals surface area contributed by atoms with Crippen molar-refractivity contribution in [2.24, 2.45) is 0 Å². The van der Waals surface area contributed by atoms with E-state index in [9.17, 15) is 14.4 Å². The van der Waals surface area contributed by atoms with E-state index >= 15 is 0 Å². The minimum absolute atomic E-state index is 0.303. The molecule has 0 aromatic heterocycles. The molecule has 0 atom stereocenters. The summed E-state index contributed by atoms with van der Waals surface area (Å²) in [6.45, 7) is 4.90. The van der Waals surface area contributed by atoms with Gasteiger partial charge in [-0.25, -0.2) is 0 Å². The van der Waals surface area contributed by atoms with Gasteiger partial charge in [-0.15, -0.1) is 0 Å². The maximum absolute atomic E-state index is 12.5. The summed E-state index contributed by atoms with van der Waals surface area (Å²) in [5, 5.41) is 7.95. The summed E-state index contributed by atoms with van der Waals surface area (Å²) < 4.78 is 0. The molecule has 0 aliphatic rings. The fourth-order valence-corrected chi connectivity index (χ4v) is 2.61. The zero-order valence-corrected chi connectivity index (χ0v) is 16.4. The van der Waals surface area contributed by atoms with Crippen molar-refractivity contribution in [2.75, 3.05) is 11.9 Å². The molecular weight excluding hydrogens is 354 g/mol. The number of anilines is 1. The van der Waals surface area contributed by atoms with Crippen LogP contribution in [0.5, 0.6) is 0 Å². The molecule has 0 aliphatic heterocycles. The van der Waals surface area contributed by atoms with Crippen LogP contribution >= 0.6 is 0 Å². The second kappa shape index (κ2) is 10.9. The fraction of sp³-hybridized carbons (Fsp3) is 0.318. The number of nitrogens with one attached hydrogen (secondary N) is 3. The number of aryl methyl sites for hydroxylation is 1. The molecule has 0 unspecified atom stereocenters. The average Bonchev–Trinajstić information content (AvgIpc) is 2.70. The van der Waals surface area contributed by atoms with E-state index in [0.29, 0.717) is 24.3 Å². The quantitative estimate of drug-likeness (QED) is 0.485. The molecule has 0 spiro atoms. The summed E-state index contributed by atoms with van der Waals surface area (Å²) in [7, 11) is 0. The third-order valence-corrected chi connectivity index (χ3v) is 4.27. The van der Waals surface area contributed by atoms with E-state index < -0.39 is 11.8 Å². The zero-order chi connectivity index (χ0) is 20.4. The average molecular weight is 381 g/mol. The molecular formula is C22H27N3O3. The Morgan fingerprint density at radius 1 is 0.857 bits per heavy atom. The van der Waals surface area contributed by atoms with Gasteiger partial charge >= 0.3 is 11.8 Å². The van der Waals surface area contributed by atoms with Crippen LogP contribution in [-0.2, 0) is 16.1 Å². The molecule has 0 bridgehead atoms. The first kappa shape index (κ1) is 21.2. The molecule has 148 valence electrons. The lowest BCUT2D eigenvalue weighted by Gasteiger charge is -2.12. The van der Waals surface area contributed by atoms with Crippen LogP contribution in [0.25, 0.3) is 0 Å². The normalized spacial score (nSPS) is 10.2. The van der Waals surface area contributed by atoms with Gasteiger partial charge in [0, 0.05) is 13.1 Å². The maximum atomic E-state index is 12.5. The van der Waals surface area contributed by atoms with Gasteiger partial charge in [-0.05, 0) is 31.0 Å². The Labute approximate surface area is 165 Å². The molecule has 0 heterocycles. The Morgan fingerprint density at radius 3 is 2.29 bits per heavy atom.